The molecular weight excluding hydrogens is 210 g/mol. The molecule has 0 spiro atoms. The molecule has 0 aliphatic heterocycles. The maximum absolute atomic E-state index is 4.21. The van der Waals surface area contributed by atoms with Gasteiger partial charge in [0, 0.05) is 43.3 Å². The molecule has 0 aliphatic carbocycles. The van der Waals surface area contributed by atoms with Crippen LogP contribution in [0, 0.1) is 0 Å². The highest BCUT2D eigenvalue weighted by molar-refractivity contribution is 5.52. The molecule has 1 N–H and O–H groups in total. The Morgan fingerprint density at radius 2 is 2.29 bits per heavy atom. The second kappa shape index (κ2) is 7.85. The van der Waals surface area contributed by atoms with E-state index in [-0.39, 0.29) is 0 Å². The van der Waals surface area contributed by atoms with Crippen molar-refractivity contribution >= 4 is 5.69 Å². The third-order valence-corrected chi connectivity index (χ3v) is 2.63. The summed E-state index contributed by atoms with van der Waals surface area (Å²) in [6.07, 6.45) is 6.89. The molecule has 1 heterocycles. The maximum atomic E-state index is 4.21. The van der Waals surface area contributed by atoms with Gasteiger partial charge in [-0.15, -0.1) is 6.58 Å². The standard InChI is InChI=1S/C14H23N3/c1-4-9-17(10-5-2)14-7-8-16-12-13(14)11-15-6-3/h4,7-8,12,15H,1,5-6,9-11H2,2-3H3. The maximum Gasteiger partial charge on any atom is 0.0445 e. The van der Waals surface area contributed by atoms with Crippen molar-refractivity contribution in [1.29, 1.82) is 0 Å². The van der Waals surface area contributed by atoms with Crippen molar-refractivity contribution < 1.29 is 0 Å². The molecule has 0 aliphatic rings. The molecule has 0 saturated heterocycles. The SMILES string of the molecule is C=CCN(CCC)c1ccncc1CNCC. The van der Waals surface area contributed by atoms with E-state index in [4.69, 9.17) is 0 Å². The number of anilines is 1. The van der Waals surface area contributed by atoms with Gasteiger partial charge >= 0.3 is 0 Å². The molecule has 3 heteroatoms. The average molecular weight is 233 g/mol. The van der Waals surface area contributed by atoms with E-state index < -0.39 is 0 Å². The van der Waals surface area contributed by atoms with Crippen LogP contribution >= 0.6 is 0 Å². The van der Waals surface area contributed by atoms with Crippen molar-refractivity contribution in [3.05, 3.63) is 36.7 Å². The lowest BCUT2D eigenvalue weighted by Gasteiger charge is -2.25. The van der Waals surface area contributed by atoms with Crippen LogP contribution in [0.25, 0.3) is 0 Å². The second-order valence-electron chi connectivity index (χ2n) is 4.02. The number of hydrogen-bond donors (Lipinski definition) is 1. The number of nitrogens with one attached hydrogen (secondary N) is 1. The highest BCUT2D eigenvalue weighted by Crippen LogP contribution is 2.19. The molecule has 1 aromatic rings. The lowest BCUT2D eigenvalue weighted by Crippen LogP contribution is -2.26. The van der Waals surface area contributed by atoms with Gasteiger partial charge in [-0.25, -0.2) is 0 Å². The van der Waals surface area contributed by atoms with Crippen molar-refractivity contribution in [2.45, 2.75) is 26.8 Å². The van der Waals surface area contributed by atoms with Crippen molar-refractivity contribution in [2.75, 3.05) is 24.5 Å². The minimum absolute atomic E-state index is 0.872. The zero-order valence-electron chi connectivity index (χ0n) is 10.9. The lowest BCUT2D eigenvalue weighted by atomic mass is 10.2. The summed E-state index contributed by atoms with van der Waals surface area (Å²) in [6, 6.07) is 2.09. The molecule has 0 unspecified atom stereocenters. The van der Waals surface area contributed by atoms with E-state index in [0.29, 0.717) is 0 Å². The van der Waals surface area contributed by atoms with Crippen LogP contribution in [0.2, 0.25) is 0 Å². The predicted molar refractivity (Wildman–Crippen MR) is 74.3 cm³/mol. The first-order valence-corrected chi connectivity index (χ1v) is 6.32. The van der Waals surface area contributed by atoms with Gasteiger partial charge in [-0.2, -0.15) is 0 Å². The summed E-state index contributed by atoms with van der Waals surface area (Å²) < 4.78 is 0. The summed E-state index contributed by atoms with van der Waals surface area (Å²) >= 11 is 0. The molecule has 3 nitrogen and oxygen atoms in total. The number of pyridine rings is 1. The van der Waals surface area contributed by atoms with Crippen LogP contribution < -0.4 is 10.2 Å². The first kappa shape index (κ1) is 13.7. The Kier molecular flexibility index (Phi) is 6.33. The van der Waals surface area contributed by atoms with Gasteiger partial charge in [-0.05, 0) is 19.0 Å². The van der Waals surface area contributed by atoms with Crippen LogP contribution in [0.4, 0.5) is 5.69 Å². The van der Waals surface area contributed by atoms with Crippen molar-refractivity contribution in [1.82, 2.24) is 10.3 Å². The van der Waals surface area contributed by atoms with Crippen molar-refractivity contribution in [3.63, 3.8) is 0 Å². The average Bonchev–Trinajstić information content (AvgIpc) is 2.36. The number of aromatic nitrogens is 1. The van der Waals surface area contributed by atoms with E-state index in [2.05, 4.69) is 41.7 Å². The molecule has 0 saturated carbocycles. The first-order valence-electron chi connectivity index (χ1n) is 6.32. The zero-order valence-corrected chi connectivity index (χ0v) is 10.9. The van der Waals surface area contributed by atoms with Crippen molar-refractivity contribution in [3.8, 4) is 0 Å². The van der Waals surface area contributed by atoms with Gasteiger partial charge in [0.25, 0.3) is 0 Å². The highest BCUT2D eigenvalue weighted by Gasteiger charge is 2.08. The van der Waals surface area contributed by atoms with Gasteiger partial charge in [0.1, 0.15) is 0 Å². The van der Waals surface area contributed by atoms with E-state index in [9.17, 15) is 0 Å². The molecule has 0 amide bonds. The van der Waals surface area contributed by atoms with Gasteiger partial charge < -0.3 is 10.2 Å². The van der Waals surface area contributed by atoms with Gasteiger partial charge in [-0.1, -0.05) is 19.9 Å². The molecule has 1 aromatic heterocycles. The Labute approximate surface area is 105 Å². The van der Waals surface area contributed by atoms with Crippen LogP contribution in [0.1, 0.15) is 25.8 Å². The van der Waals surface area contributed by atoms with Gasteiger partial charge in [0.05, 0.1) is 0 Å². The monoisotopic (exact) mass is 233 g/mol. The van der Waals surface area contributed by atoms with E-state index in [1.807, 2.05) is 18.5 Å². The zero-order chi connectivity index (χ0) is 12.5. The van der Waals surface area contributed by atoms with Crippen molar-refractivity contribution in [2.24, 2.45) is 0 Å². The highest BCUT2D eigenvalue weighted by atomic mass is 15.1. The van der Waals surface area contributed by atoms with Gasteiger partial charge in [0.2, 0.25) is 0 Å². The van der Waals surface area contributed by atoms with E-state index in [0.717, 1.165) is 32.6 Å². The Bertz CT molecular complexity index is 336. The van der Waals surface area contributed by atoms with Crippen LogP contribution in [0.15, 0.2) is 31.1 Å². The third kappa shape index (κ3) is 4.19. The minimum atomic E-state index is 0.872. The Morgan fingerprint density at radius 3 is 2.94 bits per heavy atom. The van der Waals surface area contributed by atoms with E-state index >= 15 is 0 Å². The van der Waals surface area contributed by atoms with E-state index in [1.165, 1.54) is 11.3 Å². The smallest absolute Gasteiger partial charge is 0.0445 e. The summed E-state index contributed by atoms with van der Waals surface area (Å²) in [5.41, 5.74) is 2.52. The third-order valence-electron chi connectivity index (χ3n) is 2.63. The summed E-state index contributed by atoms with van der Waals surface area (Å²) in [5, 5.41) is 3.35. The fourth-order valence-electron chi connectivity index (χ4n) is 1.86. The number of hydrogen-bond acceptors (Lipinski definition) is 3. The number of rotatable bonds is 8. The van der Waals surface area contributed by atoms with Gasteiger partial charge in [-0.3, -0.25) is 4.98 Å². The molecule has 17 heavy (non-hydrogen) atoms. The normalized spacial score (nSPS) is 10.2. The summed E-state index contributed by atoms with van der Waals surface area (Å²) in [6.45, 7) is 11.9. The summed E-state index contributed by atoms with van der Waals surface area (Å²) in [5.74, 6) is 0. The lowest BCUT2D eigenvalue weighted by molar-refractivity contribution is 0.716. The molecule has 0 radical (unpaired) electrons. The van der Waals surface area contributed by atoms with Crippen LogP contribution in [-0.4, -0.2) is 24.6 Å². The van der Waals surface area contributed by atoms with Crippen LogP contribution in [-0.2, 0) is 6.54 Å². The van der Waals surface area contributed by atoms with Gasteiger partial charge in [0.15, 0.2) is 0 Å². The van der Waals surface area contributed by atoms with E-state index in [1.54, 1.807) is 0 Å². The summed E-state index contributed by atoms with van der Waals surface area (Å²) in [7, 11) is 0. The Morgan fingerprint density at radius 1 is 1.47 bits per heavy atom. The molecule has 0 fully saturated rings. The van der Waals surface area contributed by atoms with Crippen LogP contribution in [0.3, 0.4) is 0 Å². The molecule has 0 atom stereocenters. The molecule has 94 valence electrons. The summed E-state index contributed by atoms with van der Waals surface area (Å²) in [4.78, 5) is 6.56. The Balaban J connectivity index is 2.87. The Hall–Kier alpha value is -1.35. The molecule has 1 rings (SSSR count). The minimum Gasteiger partial charge on any atom is -0.367 e. The molecule has 0 bridgehead atoms. The molecule has 0 aromatic carbocycles. The van der Waals surface area contributed by atoms with Crippen LogP contribution in [0.5, 0.6) is 0 Å². The second-order valence-corrected chi connectivity index (χ2v) is 4.02. The number of nitrogens with zero attached hydrogens (tertiary/aromatic N) is 2. The fraction of sp³-hybridized carbons (Fsp3) is 0.500. The molecular formula is C14H23N3. The quantitative estimate of drug-likeness (QED) is 0.700. The predicted octanol–water partition coefficient (Wildman–Crippen LogP) is 2.59. The fourth-order valence-corrected chi connectivity index (χ4v) is 1.86. The first-order chi connectivity index (χ1) is 8.33. The largest absolute Gasteiger partial charge is 0.367 e. The topological polar surface area (TPSA) is 28.2 Å².